The van der Waals surface area contributed by atoms with E-state index in [1.54, 1.807) is 0 Å². The molecule has 18 heteroatoms. The molecule has 0 aliphatic carbocycles. The van der Waals surface area contributed by atoms with Crippen molar-refractivity contribution in [3.8, 4) is 0 Å². The molecule has 0 fully saturated rings. The van der Waals surface area contributed by atoms with Crippen LogP contribution in [0.1, 0.15) is 39.0 Å². The molecular weight excluding hydrogens is 528 g/mol. The molecule has 0 aromatic carbocycles. The second-order valence-electron chi connectivity index (χ2n) is 8.28. The van der Waals surface area contributed by atoms with Gasteiger partial charge in [-0.25, -0.2) is 0 Å². The van der Waals surface area contributed by atoms with Crippen molar-refractivity contribution >= 4 is 47.4 Å². The molecule has 0 radical (unpaired) electrons. The van der Waals surface area contributed by atoms with Gasteiger partial charge in [0, 0.05) is 19.9 Å². The minimum Gasteiger partial charge on any atom is -0.481 e. The summed E-state index contributed by atoms with van der Waals surface area (Å²) in [5.41, 5.74) is 5.35. The molecule has 0 saturated heterocycles. The Morgan fingerprint density at radius 2 is 1.05 bits per heavy atom. The fraction of sp³-hybridized carbons (Fsp3) is 0.619. The van der Waals surface area contributed by atoms with Gasteiger partial charge in [0.2, 0.25) is 29.5 Å². The highest BCUT2D eigenvalue weighted by molar-refractivity contribution is 5.97. The van der Waals surface area contributed by atoms with Crippen LogP contribution in [0.2, 0.25) is 0 Å². The Hall–Kier alpha value is -4.32. The summed E-state index contributed by atoms with van der Waals surface area (Å²) < 4.78 is 0. The molecule has 0 aromatic rings. The number of likely N-dealkylation sites (N-methyl/N-ethyl adjacent to an activating group) is 1. The Morgan fingerprint density at radius 1 is 0.641 bits per heavy atom. The molecule has 0 heterocycles. The largest absolute Gasteiger partial charge is 0.481 e. The first kappa shape index (κ1) is 34.7. The molecule has 11 N–H and O–H groups in total. The molecule has 0 bridgehead atoms. The molecule has 5 amide bonds. The van der Waals surface area contributed by atoms with Gasteiger partial charge >= 0.3 is 17.9 Å². The van der Waals surface area contributed by atoms with Crippen LogP contribution in [0, 0.1) is 0 Å². The zero-order valence-electron chi connectivity index (χ0n) is 21.3. The SMILES string of the molecule is CNC(=O)C(C)NC(=O)[C@@H](CCC(=O)O)NC(=O)C(CCC(=O)O)NC(=O)[C@@H](CC(=O)O)NC(=O)C(N)CO. The lowest BCUT2D eigenvalue weighted by Crippen LogP contribution is -2.59. The molecule has 0 aliphatic rings. The summed E-state index contributed by atoms with van der Waals surface area (Å²) in [4.78, 5) is 95.3. The highest BCUT2D eigenvalue weighted by Gasteiger charge is 2.32. The normalized spacial score (nSPS) is 14.4. The fourth-order valence-electron chi connectivity index (χ4n) is 2.96. The van der Waals surface area contributed by atoms with Crippen molar-refractivity contribution in [2.24, 2.45) is 5.73 Å². The molecule has 0 aliphatic heterocycles. The van der Waals surface area contributed by atoms with Crippen LogP contribution in [0.25, 0.3) is 0 Å². The van der Waals surface area contributed by atoms with Gasteiger partial charge in [-0.3, -0.25) is 38.4 Å². The maximum Gasteiger partial charge on any atom is 0.305 e. The van der Waals surface area contributed by atoms with Gasteiger partial charge in [0.1, 0.15) is 30.2 Å². The van der Waals surface area contributed by atoms with E-state index in [0.29, 0.717) is 0 Å². The van der Waals surface area contributed by atoms with Gasteiger partial charge in [0.05, 0.1) is 13.0 Å². The average molecular weight is 563 g/mol. The van der Waals surface area contributed by atoms with Crippen molar-refractivity contribution in [1.82, 2.24) is 26.6 Å². The lowest BCUT2D eigenvalue weighted by molar-refractivity contribution is -0.142. The Morgan fingerprint density at radius 3 is 1.44 bits per heavy atom. The van der Waals surface area contributed by atoms with Crippen molar-refractivity contribution in [2.45, 2.75) is 69.2 Å². The minimum atomic E-state index is -1.78. The first-order valence-electron chi connectivity index (χ1n) is 11.6. The Kier molecular flexibility index (Phi) is 15.3. The Bertz CT molecular complexity index is 942. The standard InChI is InChI=1S/C21H34N6O12/c1-9(17(35)23-2)24-19(37)11(3-5-14(29)30)25-20(38)12(4-6-15(31)32)26-21(39)13(7-16(33)34)27-18(36)10(22)8-28/h9-13,28H,3-8,22H2,1-2H3,(H,23,35)(H,24,37)(H,25,38)(H,26,39)(H,27,36)(H,29,30)(H,31,32)(H,33,34)/t9?,10?,11-,12?,13-/m1/s1. The third kappa shape index (κ3) is 13.7. The molecule has 220 valence electrons. The number of aliphatic hydroxyl groups excluding tert-OH is 1. The number of nitrogens with one attached hydrogen (secondary N) is 5. The second kappa shape index (κ2) is 17.2. The maximum atomic E-state index is 13.0. The summed E-state index contributed by atoms with van der Waals surface area (Å²) in [5, 5.41) is 47.0. The number of amides is 5. The molecule has 5 atom stereocenters. The number of rotatable bonds is 18. The average Bonchev–Trinajstić information content (AvgIpc) is 2.86. The lowest BCUT2D eigenvalue weighted by atomic mass is 10.1. The predicted molar refractivity (Wildman–Crippen MR) is 129 cm³/mol. The number of nitrogens with two attached hydrogens (primary N) is 1. The van der Waals surface area contributed by atoms with Gasteiger partial charge in [-0.05, 0) is 19.8 Å². The number of carbonyl (C=O) groups excluding carboxylic acids is 5. The summed E-state index contributed by atoms with van der Waals surface area (Å²) in [6, 6.07) is -7.55. The lowest BCUT2D eigenvalue weighted by Gasteiger charge is -2.25. The molecule has 18 nitrogen and oxygen atoms in total. The first-order valence-corrected chi connectivity index (χ1v) is 11.6. The van der Waals surface area contributed by atoms with Gasteiger partial charge < -0.3 is 52.7 Å². The third-order valence-corrected chi connectivity index (χ3v) is 5.10. The van der Waals surface area contributed by atoms with Crippen LogP contribution >= 0.6 is 0 Å². The van der Waals surface area contributed by atoms with Crippen molar-refractivity contribution < 1.29 is 58.8 Å². The number of carbonyl (C=O) groups is 8. The van der Waals surface area contributed by atoms with Crippen molar-refractivity contribution in [2.75, 3.05) is 13.7 Å². The first-order chi connectivity index (χ1) is 18.1. The van der Waals surface area contributed by atoms with Gasteiger partial charge in [0.25, 0.3) is 0 Å². The molecule has 0 spiro atoms. The van der Waals surface area contributed by atoms with Crippen molar-refractivity contribution in [1.29, 1.82) is 0 Å². The van der Waals surface area contributed by atoms with E-state index >= 15 is 0 Å². The highest BCUT2D eigenvalue weighted by atomic mass is 16.4. The minimum absolute atomic E-state index is 0.441. The van der Waals surface area contributed by atoms with E-state index in [1.165, 1.54) is 14.0 Å². The summed E-state index contributed by atoms with van der Waals surface area (Å²) in [5.74, 6) is -9.19. The molecule has 0 rings (SSSR count). The van der Waals surface area contributed by atoms with E-state index in [-0.39, 0.29) is 0 Å². The number of hydrogen-bond donors (Lipinski definition) is 10. The zero-order valence-corrected chi connectivity index (χ0v) is 21.3. The number of aliphatic hydroxyl groups is 1. The van der Waals surface area contributed by atoms with E-state index in [0.717, 1.165) is 0 Å². The molecule has 3 unspecified atom stereocenters. The van der Waals surface area contributed by atoms with Crippen LogP contribution in [0.15, 0.2) is 0 Å². The summed E-state index contributed by atoms with van der Waals surface area (Å²) >= 11 is 0. The van der Waals surface area contributed by atoms with Crippen molar-refractivity contribution in [3.05, 3.63) is 0 Å². The monoisotopic (exact) mass is 562 g/mol. The summed E-state index contributed by atoms with van der Waals surface area (Å²) in [6.45, 7) is 0.498. The number of aliphatic carboxylic acids is 3. The summed E-state index contributed by atoms with van der Waals surface area (Å²) in [7, 11) is 1.31. The maximum absolute atomic E-state index is 13.0. The van der Waals surface area contributed by atoms with E-state index < -0.39 is 116 Å². The second-order valence-corrected chi connectivity index (χ2v) is 8.28. The van der Waals surface area contributed by atoms with Crippen LogP contribution in [0.3, 0.4) is 0 Å². The van der Waals surface area contributed by atoms with Crippen LogP contribution in [-0.4, -0.2) is 112 Å². The molecule has 0 aromatic heterocycles. The van der Waals surface area contributed by atoms with Gasteiger partial charge in [-0.1, -0.05) is 0 Å². The molecule has 39 heavy (non-hydrogen) atoms. The van der Waals surface area contributed by atoms with Crippen LogP contribution in [0.4, 0.5) is 0 Å². The van der Waals surface area contributed by atoms with E-state index in [1.807, 2.05) is 5.32 Å². The van der Waals surface area contributed by atoms with Crippen LogP contribution in [0.5, 0.6) is 0 Å². The Labute approximate surface area is 222 Å². The van der Waals surface area contributed by atoms with Gasteiger partial charge in [0.15, 0.2) is 0 Å². The topological polar surface area (TPSA) is 304 Å². The predicted octanol–water partition coefficient (Wildman–Crippen LogP) is -4.78. The number of hydrogen-bond acceptors (Lipinski definition) is 10. The smallest absolute Gasteiger partial charge is 0.305 e. The molecular formula is C21H34N6O12. The highest BCUT2D eigenvalue weighted by Crippen LogP contribution is 2.05. The van der Waals surface area contributed by atoms with E-state index in [2.05, 4.69) is 21.3 Å². The number of carboxylic acid groups (broad SMARTS) is 3. The van der Waals surface area contributed by atoms with Gasteiger partial charge in [-0.2, -0.15) is 0 Å². The van der Waals surface area contributed by atoms with E-state index in [9.17, 15) is 38.4 Å². The zero-order chi connectivity index (χ0) is 30.3. The third-order valence-electron chi connectivity index (χ3n) is 5.10. The van der Waals surface area contributed by atoms with Crippen molar-refractivity contribution in [3.63, 3.8) is 0 Å². The fourth-order valence-corrected chi connectivity index (χ4v) is 2.96. The van der Waals surface area contributed by atoms with E-state index in [4.69, 9.17) is 26.2 Å². The van der Waals surface area contributed by atoms with Crippen LogP contribution < -0.4 is 32.3 Å². The Balaban J connectivity index is 5.88. The van der Waals surface area contributed by atoms with Crippen LogP contribution in [-0.2, 0) is 38.4 Å². The molecule has 0 saturated carbocycles. The quantitative estimate of drug-likeness (QED) is 0.0751. The van der Waals surface area contributed by atoms with Gasteiger partial charge in [-0.15, -0.1) is 0 Å². The number of carboxylic acids is 3. The summed E-state index contributed by atoms with van der Waals surface area (Å²) in [6.07, 6.45) is -3.20.